The maximum absolute atomic E-state index is 12.1. The van der Waals surface area contributed by atoms with Crippen LogP contribution < -0.4 is 0 Å². The van der Waals surface area contributed by atoms with Gasteiger partial charge in [-0.25, -0.2) is 0 Å². The molecule has 0 aromatic carbocycles. The first-order valence-corrected chi connectivity index (χ1v) is 6.97. The van der Waals surface area contributed by atoms with E-state index in [9.17, 15) is 4.79 Å². The number of hydrogen-bond donors (Lipinski definition) is 0. The summed E-state index contributed by atoms with van der Waals surface area (Å²) in [5.74, 6) is 0.820. The van der Waals surface area contributed by atoms with E-state index in [1.54, 1.807) is 0 Å². The first-order chi connectivity index (χ1) is 7.81. The molecular weight excluding hydrogens is 274 g/mol. The Bertz CT molecular complexity index is 235. The third-order valence-corrected chi connectivity index (χ3v) is 4.15. The van der Waals surface area contributed by atoms with Gasteiger partial charge in [0.15, 0.2) is 6.10 Å². The Labute approximate surface area is 104 Å². The van der Waals surface area contributed by atoms with E-state index in [2.05, 4.69) is 15.9 Å². The molecule has 2 rings (SSSR count). The second-order valence-corrected chi connectivity index (χ2v) is 5.00. The number of ether oxygens (including phenoxy) is 2. The molecule has 16 heavy (non-hydrogen) atoms. The fourth-order valence-corrected chi connectivity index (χ4v) is 2.79. The monoisotopic (exact) mass is 291 g/mol. The minimum absolute atomic E-state index is 0.104. The number of nitrogens with zero attached hydrogens (tertiary/aromatic N) is 1. The number of carbonyl (C=O) groups excluding carboxylic acids is 1. The maximum atomic E-state index is 12.1. The number of likely N-dealkylation sites (tertiary alicyclic amines) is 1. The molecule has 2 aliphatic rings. The van der Waals surface area contributed by atoms with Crippen molar-refractivity contribution in [2.75, 3.05) is 38.2 Å². The average molecular weight is 292 g/mol. The molecule has 0 bridgehead atoms. The molecule has 5 heteroatoms. The molecule has 0 spiro atoms. The van der Waals surface area contributed by atoms with Crippen molar-refractivity contribution in [3.63, 3.8) is 0 Å². The van der Waals surface area contributed by atoms with Crippen molar-refractivity contribution in [3.8, 4) is 0 Å². The number of piperidine rings is 1. The van der Waals surface area contributed by atoms with Crippen LogP contribution in [0, 0.1) is 5.92 Å². The predicted octanol–water partition coefficient (Wildman–Crippen LogP) is 1.04. The van der Waals surface area contributed by atoms with Gasteiger partial charge < -0.3 is 14.4 Å². The van der Waals surface area contributed by atoms with E-state index in [1.807, 2.05) is 4.90 Å². The summed E-state index contributed by atoms with van der Waals surface area (Å²) in [6.07, 6.45) is 1.81. The third kappa shape index (κ3) is 2.96. The number of alkyl halides is 1. The zero-order valence-electron chi connectivity index (χ0n) is 9.36. The first-order valence-electron chi connectivity index (χ1n) is 5.85. The molecule has 2 heterocycles. The Hall–Kier alpha value is -0.130. The molecule has 0 aromatic heterocycles. The predicted molar refractivity (Wildman–Crippen MR) is 63.7 cm³/mol. The third-order valence-electron chi connectivity index (χ3n) is 3.24. The second-order valence-electron chi connectivity index (χ2n) is 4.36. The Morgan fingerprint density at radius 2 is 2.06 bits per heavy atom. The molecular formula is C11H18BrNO3. The van der Waals surface area contributed by atoms with Gasteiger partial charge in [-0.15, -0.1) is 0 Å². The topological polar surface area (TPSA) is 38.8 Å². The minimum atomic E-state index is -0.366. The highest BCUT2D eigenvalue weighted by molar-refractivity contribution is 9.09. The fourth-order valence-electron chi connectivity index (χ4n) is 2.14. The number of carbonyl (C=O) groups is 1. The van der Waals surface area contributed by atoms with Crippen LogP contribution in [0.1, 0.15) is 12.8 Å². The molecule has 4 nitrogen and oxygen atoms in total. The summed E-state index contributed by atoms with van der Waals surface area (Å²) >= 11 is 3.50. The molecule has 1 amide bonds. The van der Waals surface area contributed by atoms with Crippen LogP contribution in [-0.2, 0) is 14.3 Å². The van der Waals surface area contributed by atoms with Gasteiger partial charge in [-0.05, 0) is 18.8 Å². The Balaban J connectivity index is 1.81. The van der Waals surface area contributed by atoms with E-state index in [-0.39, 0.29) is 12.0 Å². The highest BCUT2D eigenvalue weighted by Gasteiger charge is 2.29. The van der Waals surface area contributed by atoms with E-state index >= 15 is 0 Å². The minimum Gasteiger partial charge on any atom is -0.376 e. The SMILES string of the molecule is O=C(C1COCCO1)N1CCC(CBr)CC1. The number of amides is 1. The lowest BCUT2D eigenvalue weighted by molar-refractivity contribution is -0.159. The molecule has 92 valence electrons. The lowest BCUT2D eigenvalue weighted by atomic mass is 9.99. The van der Waals surface area contributed by atoms with Crippen LogP contribution in [0.15, 0.2) is 0 Å². The largest absolute Gasteiger partial charge is 0.376 e. The van der Waals surface area contributed by atoms with Crippen LogP contribution >= 0.6 is 15.9 Å². The zero-order valence-corrected chi connectivity index (χ0v) is 10.9. The van der Waals surface area contributed by atoms with Crippen LogP contribution in [0.4, 0.5) is 0 Å². The number of rotatable bonds is 2. The van der Waals surface area contributed by atoms with E-state index in [0.717, 1.165) is 31.3 Å². The van der Waals surface area contributed by atoms with Crippen LogP contribution in [0.25, 0.3) is 0 Å². The molecule has 0 radical (unpaired) electrons. The standard InChI is InChI=1S/C11H18BrNO3/c12-7-9-1-3-13(4-2-9)11(14)10-8-15-5-6-16-10/h9-10H,1-8H2. The van der Waals surface area contributed by atoms with E-state index in [0.29, 0.717) is 25.7 Å². The van der Waals surface area contributed by atoms with Crippen molar-refractivity contribution < 1.29 is 14.3 Å². The lowest BCUT2D eigenvalue weighted by Crippen LogP contribution is -2.48. The van der Waals surface area contributed by atoms with Crippen molar-refractivity contribution in [2.45, 2.75) is 18.9 Å². The number of hydrogen-bond acceptors (Lipinski definition) is 3. The van der Waals surface area contributed by atoms with Gasteiger partial charge in [0, 0.05) is 18.4 Å². The first kappa shape index (κ1) is 12.3. The van der Waals surface area contributed by atoms with Gasteiger partial charge in [0.25, 0.3) is 5.91 Å². The summed E-state index contributed by atoms with van der Waals surface area (Å²) in [6, 6.07) is 0. The van der Waals surface area contributed by atoms with Crippen LogP contribution in [0.2, 0.25) is 0 Å². The quantitative estimate of drug-likeness (QED) is 0.714. The highest BCUT2D eigenvalue weighted by Crippen LogP contribution is 2.20. The molecule has 0 N–H and O–H groups in total. The summed E-state index contributed by atoms with van der Waals surface area (Å²) in [7, 11) is 0. The lowest BCUT2D eigenvalue weighted by Gasteiger charge is -2.34. The highest BCUT2D eigenvalue weighted by atomic mass is 79.9. The Morgan fingerprint density at radius 1 is 1.31 bits per heavy atom. The second kappa shape index (κ2) is 5.98. The summed E-state index contributed by atoms with van der Waals surface area (Å²) in [5, 5.41) is 1.04. The van der Waals surface area contributed by atoms with Gasteiger partial charge in [-0.3, -0.25) is 4.79 Å². The molecule has 2 fully saturated rings. The Morgan fingerprint density at radius 3 is 2.62 bits per heavy atom. The van der Waals surface area contributed by atoms with Gasteiger partial charge >= 0.3 is 0 Å². The van der Waals surface area contributed by atoms with E-state index < -0.39 is 0 Å². The Kier molecular flexibility index (Phi) is 4.61. The summed E-state index contributed by atoms with van der Waals surface area (Å²) in [4.78, 5) is 14.0. The smallest absolute Gasteiger partial charge is 0.254 e. The van der Waals surface area contributed by atoms with Gasteiger partial charge in [-0.1, -0.05) is 15.9 Å². The molecule has 2 aliphatic heterocycles. The van der Waals surface area contributed by atoms with Crippen molar-refractivity contribution in [2.24, 2.45) is 5.92 Å². The fraction of sp³-hybridized carbons (Fsp3) is 0.909. The molecule has 2 saturated heterocycles. The zero-order chi connectivity index (χ0) is 11.4. The molecule has 1 unspecified atom stereocenters. The summed E-state index contributed by atoms with van der Waals surface area (Å²) in [5.41, 5.74) is 0. The van der Waals surface area contributed by atoms with Gasteiger partial charge in [0.1, 0.15) is 0 Å². The van der Waals surface area contributed by atoms with Gasteiger partial charge in [0.2, 0.25) is 0 Å². The van der Waals surface area contributed by atoms with E-state index in [4.69, 9.17) is 9.47 Å². The van der Waals surface area contributed by atoms with Gasteiger partial charge in [0.05, 0.1) is 19.8 Å². The van der Waals surface area contributed by atoms with Crippen LogP contribution in [0.3, 0.4) is 0 Å². The van der Waals surface area contributed by atoms with Crippen LogP contribution in [-0.4, -0.2) is 55.2 Å². The molecule has 0 saturated carbocycles. The molecule has 1 atom stereocenters. The number of halogens is 1. The summed E-state index contributed by atoms with van der Waals surface area (Å²) in [6.45, 7) is 3.27. The average Bonchev–Trinajstić information content (AvgIpc) is 2.39. The van der Waals surface area contributed by atoms with Crippen LogP contribution in [0.5, 0.6) is 0 Å². The summed E-state index contributed by atoms with van der Waals surface area (Å²) < 4.78 is 10.7. The van der Waals surface area contributed by atoms with Crippen molar-refractivity contribution in [1.29, 1.82) is 0 Å². The van der Waals surface area contributed by atoms with Gasteiger partial charge in [-0.2, -0.15) is 0 Å². The van der Waals surface area contributed by atoms with Crippen molar-refractivity contribution in [1.82, 2.24) is 4.90 Å². The van der Waals surface area contributed by atoms with E-state index in [1.165, 1.54) is 0 Å². The molecule has 0 aromatic rings. The normalized spacial score (nSPS) is 28.1. The molecule has 0 aliphatic carbocycles. The van der Waals surface area contributed by atoms with Crippen molar-refractivity contribution >= 4 is 21.8 Å². The van der Waals surface area contributed by atoms with Crippen molar-refractivity contribution in [3.05, 3.63) is 0 Å². The maximum Gasteiger partial charge on any atom is 0.254 e.